The monoisotopic (exact) mass is 232 g/mol. The van der Waals surface area contributed by atoms with Crippen molar-refractivity contribution in [2.45, 2.75) is 13.8 Å². The normalized spacial score (nSPS) is 12.7. The summed E-state index contributed by atoms with van der Waals surface area (Å²) in [5.41, 5.74) is 14.7. The topological polar surface area (TPSA) is 67.6 Å². The molecule has 92 valence electrons. The zero-order chi connectivity index (χ0) is 13.0. The molecule has 0 aromatic heterocycles. The number of aliphatic imine (C=N–C) groups is 1. The molecule has 0 bridgehead atoms. The van der Waals surface area contributed by atoms with Crippen LogP contribution in [0.1, 0.15) is 11.1 Å². The summed E-state index contributed by atoms with van der Waals surface area (Å²) in [6, 6.07) is 6.08. The molecule has 0 saturated carbocycles. The number of hydrogen-bond acceptors (Lipinski definition) is 3. The lowest BCUT2D eigenvalue weighted by Gasteiger charge is -2.11. The molecule has 4 N–H and O–H groups in total. The fourth-order valence-electron chi connectivity index (χ4n) is 1.29. The molecule has 0 aliphatic carbocycles. The first-order valence-electron chi connectivity index (χ1n) is 5.46. The minimum atomic E-state index is 0.407. The Morgan fingerprint density at radius 3 is 2.47 bits per heavy atom. The number of amidine groups is 1. The van der Waals surface area contributed by atoms with E-state index in [4.69, 9.17) is 11.5 Å². The highest BCUT2D eigenvalue weighted by Crippen LogP contribution is 2.19. The van der Waals surface area contributed by atoms with Gasteiger partial charge in [-0.3, -0.25) is 0 Å². The van der Waals surface area contributed by atoms with Crippen molar-refractivity contribution < 1.29 is 0 Å². The van der Waals surface area contributed by atoms with E-state index in [1.807, 2.05) is 40.1 Å². The number of benzene rings is 1. The minimum absolute atomic E-state index is 0.407. The summed E-state index contributed by atoms with van der Waals surface area (Å²) in [5.74, 6) is 0.987. The Kier molecular flexibility index (Phi) is 4.15. The van der Waals surface area contributed by atoms with E-state index < -0.39 is 0 Å². The summed E-state index contributed by atoms with van der Waals surface area (Å²) in [6.07, 6.45) is 1.65. The predicted octanol–water partition coefficient (Wildman–Crippen LogP) is 1.65. The molecule has 1 aromatic carbocycles. The van der Waals surface area contributed by atoms with Crippen LogP contribution >= 0.6 is 0 Å². The van der Waals surface area contributed by atoms with Crippen molar-refractivity contribution in [3.63, 3.8) is 0 Å². The van der Waals surface area contributed by atoms with E-state index in [9.17, 15) is 0 Å². The molecule has 0 fully saturated rings. The highest BCUT2D eigenvalue weighted by molar-refractivity contribution is 5.94. The summed E-state index contributed by atoms with van der Waals surface area (Å²) in [5, 5.41) is 0. The van der Waals surface area contributed by atoms with Gasteiger partial charge in [-0.05, 0) is 31.0 Å². The number of nitrogens with zero attached hydrogens (tertiary/aromatic N) is 2. The molecule has 0 atom stereocenters. The Morgan fingerprint density at radius 1 is 1.24 bits per heavy atom. The van der Waals surface area contributed by atoms with Gasteiger partial charge in [-0.25, -0.2) is 4.99 Å². The van der Waals surface area contributed by atoms with E-state index in [1.54, 1.807) is 11.0 Å². The molecule has 0 heterocycles. The SMILES string of the molecule is Cc1ccc(C)c(N=C(N)C=C(N)N(C)C)c1. The van der Waals surface area contributed by atoms with Crippen molar-refractivity contribution in [3.8, 4) is 0 Å². The number of hydrogen-bond donors (Lipinski definition) is 2. The summed E-state index contributed by atoms with van der Waals surface area (Å²) in [7, 11) is 3.72. The minimum Gasteiger partial charge on any atom is -0.385 e. The molecule has 0 spiro atoms. The Hall–Kier alpha value is -1.97. The molecule has 1 rings (SSSR count). The quantitative estimate of drug-likeness (QED) is 0.615. The second-order valence-corrected chi connectivity index (χ2v) is 4.29. The Morgan fingerprint density at radius 2 is 1.88 bits per heavy atom. The van der Waals surface area contributed by atoms with Crippen LogP contribution in [-0.2, 0) is 0 Å². The molecule has 4 heteroatoms. The molecule has 0 aliphatic rings. The fraction of sp³-hybridized carbons (Fsp3) is 0.308. The van der Waals surface area contributed by atoms with Crippen LogP contribution in [0.25, 0.3) is 0 Å². The van der Waals surface area contributed by atoms with Gasteiger partial charge in [0.1, 0.15) is 11.7 Å². The molecule has 17 heavy (non-hydrogen) atoms. The van der Waals surface area contributed by atoms with Crippen LogP contribution in [0, 0.1) is 13.8 Å². The van der Waals surface area contributed by atoms with Crippen LogP contribution in [0.15, 0.2) is 35.1 Å². The van der Waals surface area contributed by atoms with Crippen LogP contribution in [0.2, 0.25) is 0 Å². The zero-order valence-electron chi connectivity index (χ0n) is 10.9. The van der Waals surface area contributed by atoms with Gasteiger partial charge in [0.15, 0.2) is 0 Å². The summed E-state index contributed by atoms with van der Waals surface area (Å²) >= 11 is 0. The van der Waals surface area contributed by atoms with Crippen molar-refractivity contribution in [1.29, 1.82) is 0 Å². The van der Waals surface area contributed by atoms with E-state index in [-0.39, 0.29) is 0 Å². The van der Waals surface area contributed by atoms with E-state index >= 15 is 0 Å². The molecular formula is C13H20N4. The van der Waals surface area contributed by atoms with Gasteiger partial charge in [0.2, 0.25) is 0 Å². The van der Waals surface area contributed by atoms with Gasteiger partial charge in [-0.15, -0.1) is 0 Å². The number of rotatable bonds is 3. The summed E-state index contributed by atoms with van der Waals surface area (Å²) in [6.45, 7) is 4.03. The van der Waals surface area contributed by atoms with Gasteiger partial charge in [0, 0.05) is 20.2 Å². The second-order valence-electron chi connectivity index (χ2n) is 4.29. The van der Waals surface area contributed by atoms with Gasteiger partial charge < -0.3 is 16.4 Å². The van der Waals surface area contributed by atoms with E-state index in [2.05, 4.69) is 11.1 Å². The third-order valence-corrected chi connectivity index (χ3v) is 2.43. The smallest absolute Gasteiger partial charge is 0.127 e. The average Bonchev–Trinajstić information content (AvgIpc) is 2.23. The van der Waals surface area contributed by atoms with Crippen LogP contribution < -0.4 is 11.5 Å². The highest BCUT2D eigenvalue weighted by atomic mass is 15.1. The van der Waals surface area contributed by atoms with Gasteiger partial charge in [-0.2, -0.15) is 0 Å². The first-order valence-corrected chi connectivity index (χ1v) is 5.46. The number of aryl methyl sites for hydroxylation is 2. The Balaban J connectivity index is 3.03. The Bertz CT molecular complexity index is 458. The maximum absolute atomic E-state index is 5.83. The maximum Gasteiger partial charge on any atom is 0.127 e. The number of nitrogens with two attached hydrogens (primary N) is 2. The summed E-state index contributed by atoms with van der Waals surface area (Å²) in [4.78, 5) is 6.14. The average molecular weight is 232 g/mol. The third kappa shape index (κ3) is 3.83. The van der Waals surface area contributed by atoms with Crippen LogP contribution in [0.3, 0.4) is 0 Å². The molecule has 0 unspecified atom stereocenters. The van der Waals surface area contributed by atoms with Crippen LogP contribution in [0.5, 0.6) is 0 Å². The molecular weight excluding hydrogens is 212 g/mol. The van der Waals surface area contributed by atoms with Gasteiger partial charge in [-0.1, -0.05) is 12.1 Å². The molecule has 0 saturated heterocycles. The van der Waals surface area contributed by atoms with Crippen molar-refractivity contribution in [3.05, 3.63) is 41.2 Å². The molecule has 1 aromatic rings. The molecule has 0 amide bonds. The van der Waals surface area contributed by atoms with Crippen molar-refractivity contribution in [2.75, 3.05) is 14.1 Å². The maximum atomic E-state index is 5.83. The van der Waals surface area contributed by atoms with Gasteiger partial charge in [0.25, 0.3) is 0 Å². The molecule has 0 aliphatic heterocycles. The third-order valence-electron chi connectivity index (χ3n) is 2.43. The summed E-state index contributed by atoms with van der Waals surface area (Å²) < 4.78 is 0. The lowest BCUT2D eigenvalue weighted by Crippen LogP contribution is -2.21. The standard InChI is InChI=1S/C13H20N4/c1-9-5-6-10(2)11(7-9)16-12(14)8-13(15)17(3)4/h5-8H,15H2,1-4H3,(H2,14,16). The van der Waals surface area contributed by atoms with E-state index in [1.165, 1.54) is 0 Å². The first kappa shape index (κ1) is 13.1. The highest BCUT2D eigenvalue weighted by Gasteiger charge is 1.99. The van der Waals surface area contributed by atoms with E-state index in [0.29, 0.717) is 11.7 Å². The van der Waals surface area contributed by atoms with Crippen molar-refractivity contribution in [1.82, 2.24) is 4.90 Å². The largest absolute Gasteiger partial charge is 0.385 e. The van der Waals surface area contributed by atoms with Crippen molar-refractivity contribution >= 4 is 11.5 Å². The van der Waals surface area contributed by atoms with Gasteiger partial charge in [0.05, 0.1) is 5.69 Å². The van der Waals surface area contributed by atoms with Crippen molar-refractivity contribution in [2.24, 2.45) is 16.5 Å². The van der Waals surface area contributed by atoms with Gasteiger partial charge >= 0.3 is 0 Å². The lowest BCUT2D eigenvalue weighted by atomic mass is 10.1. The molecule has 4 nitrogen and oxygen atoms in total. The van der Waals surface area contributed by atoms with Crippen LogP contribution in [0.4, 0.5) is 5.69 Å². The van der Waals surface area contributed by atoms with E-state index in [0.717, 1.165) is 16.8 Å². The molecule has 0 radical (unpaired) electrons. The van der Waals surface area contributed by atoms with Crippen LogP contribution in [-0.4, -0.2) is 24.8 Å². The lowest BCUT2D eigenvalue weighted by molar-refractivity contribution is 0.506. The Labute approximate surface area is 103 Å². The predicted molar refractivity (Wildman–Crippen MR) is 73.2 cm³/mol. The second kappa shape index (κ2) is 5.39. The first-order chi connectivity index (χ1) is 7.90. The zero-order valence-corrected chi connectivity index (χ0v) is 10.9. The fourth-order valence-corrected chi connectivity index (χ4v) is 1.29.